The van der Waals surface area contributed by atoms with E-state index in [0.717, 1.165) is 17.7 Å². The number of furan rings is 1. The molecule has 0 aromatic carbocycles. The molecule has 1 atom stereocenters. The van der Waals surface area contributed by atoms with E-state index in [1.54, 1.807) is 28.4 Å². The molecule has 0 N–H and O–H groups in total. The highest BCUT2D eigenvalue weighted by atomic mass is 32.1. The number of hydrogen-bond acceptors (Lipinski definition) is 4. The summed E-state index contributed by atoms with van der Waals surface area (Å²) in [5, 5.41) is 0. The quantitative estimate of drug-likeness (QED) is 0.829. The molecule has 25 heavy (non-hydrogen) atoms. The zero-order chi connectivity index (χ0) is 17.4. The van der Waals surface area contributed by atoms with Gasteiger partial charge in [0, 0.05) is 31.1 Å². The van der Waals surface area contributed by atoms with E-state index in [2.05, 4.69) is 13.0 Å². The Bertz CT molecular complexity index is 773. The summed E-state index contributed by atoms with van der Waals surface area (Å²) in [5.74, 6) is 1.08. The number of fused-ring (bicyclic) bond motifs is 1. The number of piperazine rings is 1. The minimum Gasteiger partial charge on any atom is -0.459 e. The molecule has 4 rings (SSSR count). The van der Waals surface area contributed by atoms with E-state index in [1.165, 1.54) is 23.1 Å². The fourth-order valence-electron chi connectivity index (χ4n) is 3.64. The second kappa shape index (κ2) is 6.67. The first-order valence-corrected chi connectivity index (χ1v) is 9.67. The predicted molar refractivity (Wildman–Crippen MR) is 96.0 cm³/mol. The van der Waals surface area contributed by atoms with Crippen LogP contribution in [-0.2, 0) is 12.8 Å². The maximum atomic E-state index is 12.8. The van der Waals surface area contributed by atoms with Crippen LogP contribution in [0.4, 0.5) is 0 Å². The van der Waals surface area contributed by atoms with Gasteiger partial charge in [0.1, 0.15) is 0 Å². The van der Waals surface area contributed by atoms with E-state index in [-0.39, 0.29) is 11.8 Å². The largest absolute Gasteiger partial charge is 0.459 e. The Hall–Kier alpha value is -2.08. The first-order chi connectivity index (χ1) is 12.1. The van der Waals surface area contributed by atoms with Crippen molar-refractivity contribution >= 4 is 23.2 Å². The number of amides is 2. The average Bonchev–Trinajstić information content (AvgIpc) is 3.30. The van der Waals surface area contributed by atoms with Crippen molar-refractivity contribution < 1.29 is 14.0 Å². The van der Waals surface area contributed by atoms with Crippen LogP contribution in [0.25, 0.3) is 0 Å². The number of carbonyl (C=O) groups excluding carboxylic acids is 2. The average molecular weight is 358 g/mol. The van der Waals surface area contributed by atoms with E-state index in [0.29, 0.717) is 37.9 Å². The van der Waals surface area contributed by atoms with Crippen LogP contribution in [0.2, 0.25) is 0 Å². The molecule has 1 saturated heterocycles. The molecule has 3 heterocycles. The summed E-state index contributed by atoms with van der Waals surface area (Å²) in [6, 6.07) is 5.49. The molecule has 6 heteroatoms. The van der Waals surface area contributed by atoms with Gasteiger partial charge < -0.3 is 14.2 Å². The maximum Gasteiger partial charge on any atom is 0.289 e. The summed E-state index contributed by atoms with van der Waals surface area (Å²) >= 11 is 1.66. The van der Waals surface area contributed by atoms with Crippen LogP contribution in [0.3, 0.4) is 0 Å². The van der Waals surface area contributed by atoms with Gasteiger partial charge in [-0.15, -0.1) is 11.3 Å². The highest BCUT2D eigenvalue weighted by Gasteiger charge is 2.28. The molecule has 5 nitrogen and oxygen atoms in total. The van der Waals surface area contributed by atoms with Crippen molar-refractivity contribution in [3.8, 4) is 0 Å². The van der Waals surface area contributed by atoms with Crippen molar-refractivity contribution in [1.82, 2.24) is 9.80 Å². The van der Waals surface area contributed by atoms with E-state index in [9.17, 15) is 9.59 Å². The number of carbonyl (C=O) groups is 2. The zero-order valence-electron chi connectivity index (χ0n) is 14.4. The van der Waals surface area contributed by atoms with Crippen LogP contribution in [0.15, 0.2) is 28.9 Å². The highest BCUT2D eigenvalue weighted by Crippen LogP contribution is 2.32. The minimum absolute atomic E-state index is 0.0994. The second-order valence-electron chi connectivity index (χ2n) is 6.97. The molecule has 1 aliphatic heterocycles. The van der Waals surface area contributed by atoms with Gasteiger partial charge in [-0.3, -0.25) is 9.59 Å². The third kappa shape index (κ3) is 3.23. The Labute approximate surface area is 151 Å². The molecule has 0 spiro atoms. The van der Waals surface area contributed by atoms with E-state index < -0.39 is 0 Å². The first-order valence-electron chi connectivity index (χ1n) is 8.85. The summed E-state index contributed by atoms with van der Waals surface area (Å²) in [7, 11) is 0. The van der Waals surface area contributed by atoms with Crippen LogP contribution in [0.1, 0.15) is 44.0 Å². The van der Waals surface area contributed by atoms with Crippen molar-refractivity contribution in [3.05, 3.63) is 45.5 Å². The number of rotatable bonds is 2. The highest BCUT2D eigenvalue weighted by molar-refractivity contribution is 7.14. The molecule has 2 aromatic rings. The Morgan fingerprint density at radius 3 is 2.56 bits per heavy atom. The van der Waals surface area contributed by atoms with Gasteiger partial charge >= 0.3 is 0 Å². The number of nitrogens with zero attached hydrogens (tertiary/aromatic N) is 2. The molecule has 132 valence electrons. The Kier molecular flexibility index (Phi) is 4.37. The molecule has 0 unspecified atom stereocenters. The van der Waals surface area contributed by atoms with Gasteiger partial charge in [-0.2, -0.15) is 0 Å². The Balaban J connectivity index is 1.39. The molecule has 2 amide bonds. The molecular formula is C19H22N2O3S. The lowest BCUT2D eigenvalue weighted by molar-refractivity contribution is 0.0520. The maximum absolute atomic E-state index is 12.8. The van der Waals surface area contributed by atoms with Gasteiger partial charge in [0.25, 0.3) is 11.8 Å². The topological polar surface area (TPSA) is 53.8 Å². The van der Waals surface area contributed by atoms with Crippen molar-refractivity contribution in [1.29, 1.82) is 0 Å². The van der Waals surface area contributed by atoms with Crippen LogP contribution < -0.4 is 0 Å². The minimum atomic E-state index is -0.0994. The molecule has 0 bridgehead atoms. The predicted octanol–water partition coefficient (Wildman–Crippen LogP) is 3.06. The fraction of sp³-hybridized carbons (Fsp3) is 0.474. The van der Waals surface area contributed by atoms with E-state index in [1.807, 2.05) is 4.90 Å². The summed E-state index contributed by atoms with van der Waals surface area (Å²) in [5.41, 5.74) is 1.36. The summed E-state index contributed by atoms with van der Waals surface area (Å²) in [6.45, 7) is 4.52. The number of aryl methyl sites for hydroxylation is 1. The summed E-state index contributed by atoms with van der Waals surface area (Å²) < 4.78 is 5.18. The van der Waals surface area contributed by atoms with Crippen molar-refractivity contribution in [3.63, 3.8) is 0 Å². The van der Waals surface area contributed by atoms with Gasteiger partial charge in [0.05, 0.1) is 11.1 Å². The van der Waals surface area contributed by atoms with Gasteiger partial charge in [0.2, 0.25) is 0 Å². The van der Waals surface area contributed by atoms with Crippen molar-refractivity contribution in [2.24, 2.45) is 5.92 Å². The summed E-state index contributed by atoms with van der Waals surface area (Å²) in [4.78, 5) is 31.0. The molecule has 1 fully saturated rings. The lowest BCUT2D eigenvalue weighted by atomic mass is 9.90. The van der Waals surface area contributed by atoms with Crippen molar-refractivity contribution in [2.45, 2.75) is 26.2 Å². The number of thiophene rings is 1. The van der Waals surface area contributed by atoms with Crippen LogP contribution in [0, 0.1) is 5.92 Å². The van der Waals surface area contributed by atoms with Gasteiger partial charge in [-0.25, -0.2) is 0 Å². The second-order valence-corrected chi connectivity index (χ2v) is 8.11. The SMILES string of the molecule is C[C@@H]1CCc2sc(C(=O)N3CCN(C(=O)c4ccco4)CC3)cc2C1. The van der Waals surface area contributed by atoms with Gasteiger partial charge in [-0.05, 0) is 48.9 Å². The van der Waals surface area contributed by atoms with Crippen molar-refractivity contribution in [2.75, 3.05) is 26.2 Å². The third-order valence-corrected chi connectivity index (χ3v) is 6.35. The number of hydrogen-bond donors (Lipinski definition) is 0. The van der Waals surface area contributed by atoms with E-state index in [4.69, 9.17) is 4.42 Å². The smallest absolute Gasteiger partial charge is 0.289 e. The van der Waals surface area contributed by atoms with E-state index >= 15 is 0 Å². The van der Waals surface area contributed by atoms with Gasteiger partial charge in [0.15, 0.2) is 5.76 Å². The Morgan fingerprint density at radius 2 is 1.88 bits per heavy atom. The normalized spacial score (nSPS) is 20.4. The van der Waals surface area contributed by atoms with Gasteiger partial charge in [-0.1, -0.05) is 6.92 Å². The van der Waals surface area contributed by atoms with Crippen LogP contribution in [-0.4, -0.2) is 47.8 Å². The molecule has 1 aliphatic carbocycles. The lowest BCUT2D eigenvalue weighted by Crippen LogP contribution is -2.50. The Morgan fingerprint density at radius 1 is 1.16 bits per heavy atom. The molecule has 0 saturated carbocycles. The van der Waals surface area contributed by atoms with Crippen LogP contribution >= 0.6 is 11.3 Å². The molecule has 2 aliphatic rings. The van der Waals surface area contributed by atoms with Crippen LogP contribution in [0.5, 0.6) is 0 Å². The first kappa shape index (κ1) is 16.4. The fourth-order valence-corrected chi connectivity index (χ4v) is 4.81. The standard InChI is InChI=1S/C19H22N2O3S/c1-13-4-5-16-14(11-13)12-17(25-16)19(23)21-8-6-20(7-9-21)18(22)15-3-2-10-24-15/h2-3,10,12-13H,4-9,11H2,1H3/t13-/m1/s1. The lowest BCUT2D eigenvalue weighted by Gasteiger charge is -2.34. The molecular weight excluding hydrogens is 336 g/mol. The molecule has 2 aromatic heterocycles. The monoisotopic (exact) mass is 358 g/mol. The zero-order valence-corrected chi connectivity index (χ0v) is 15.2. The summed E-state index contributed by atoms with van der Waals surface area (Å²) in [6.07, 6.45) is 4.91. The third-order valence-electron chi connectivity index (χ3n) is 5.13. The molecule has 0 radical (unpaired) electrons.